The maximum atomic E-state index is 12.5. The third kappa shape index (κ3) is 6.05. The highest BCUT2D eigenvalue weighted by Gasteiger charge is 2.25. The van der Waals surface area contributed by atoms with Crippen molar-refractivity contribution in [3.8, 4) is 0 Å². The average molecular weight is 410 g/mol. The molecule has 148 valence electrons. The van der Waals surface area contributed by atoms with Crippen LogP contribution in [0.5, 0.6) is 0 Å². The largest absolute Gasteiger partial charge is 0.399 e. The number of anilines is 2. The number of carbonyl (C=O) groups is 1. The minimum absolute atomic E-state index is 0. The SMILES string of the molecule is CN(c1ccccc1)C1CCN(C(=O)CCc2ccccc2N)CC1.Cl.Cl. The number of hydrogen-bond donors (Lipinski definition) is 1. The van der Waals surface area contributed by atoms with Gasteiger partial charge in [0.05, 0.1) is 0 Å². The molecule has 4 nitrogen and oxygen atoms in total. The highest BCUT2D eigenvalue weighted by atomic mass is 35.5. The Bertz CT molecular complexity index is 704. The Balaban J connectivity index is 0.00000182. The van der Waals surface area contributed by atoms with E-state index in [-0.39, 0.29) is 30.7 Å². The molecule has 0 unspecified atom stereocenters. The van der Waals surface area contributed by atoms with Gasteiger partial charge in [0, 0.05) is 44.0 Å². The summed E-state index contributed by atoms with van der Waals surface area (Å²) in [6, 6.07) is 18.8. The number of hydrogen-bond acceptors (Lipinski definition) is 3. The number of piperidine rings is 1. The summed E-state index contributed by atoms with van der Waals surface area (Å²) in [5, 5.41) is 0. The predicted octanol–water partition coefficient (Wildman–Crippen LogP) is 4.17. The zero-order chi connectivity index (χ0) is 17.6. The summed E-state index contributed by atoms with van der Waals surface area (Å²) in [7, 11) is 2.15. The van der Waals surface area contributed by atoms with Gasteiger partial charge in [-0.2, -0.15) is 0 Å². The first-order valence-electron chi connectivity index (χ1n) is 9.04. The molecule has 1 fully saturated rings. The van der Waals surface area contributed by atoms with Gasteiger partial charge in [-0.25, -0.2) is 0 Å². The number of rotatable bonds is 5. The van der Waals surface area contributed by atoms with Gasteiger partial charge in [0.2, 0.25) is 5.91 Å². The zero-order valence-electron chi connectivity index (χ0n) is 15.7. The summed E-state index contributed by atoms with van der Waals surface area (Å²) in [6.45, 7) is 1.68. The molecule has 2 aromatic rings. The Morgan fingerprint density at radius 2 is 1.63 bits per heavy atom. The molecule has 6 heteroatoms. The normalized spacial score (nSPS) is 14.0. The minimum atomic E-state index is 0. The van der Waals surface area contributed by atoms with Gasteiger partial charge in [-0.1, -0.05) is 36.4 Å². The van der Waals surface area contributed by atoms with E-state index in [0.717, 1.165) is 43.6 Å². The number of likely N-dealkylation sites (tertiary alicyclic amines) is 1. The maximum Gasteiger partial charge on any atom is 0.222 e. The molecule has 0 spiro atoms. The number of nitrogens with zero attached hydrogens (tertiary/aromatic N) is 2. The molecule has 0 saturated carbocycles. The number of amides is 1. The first-order chi connectivity index (χ1) is 12.1. The molecule has 1 saturated heterocycles. The second-order valence-electron chi connectivity index (χ2n) is 6.76. The van der Waals surface area contributed by atoms with Crippen LogP contribution in [0.3, 0.4) is 0 Å². The van der Waals surface area contributed by atoms with Gasteiger partial charge in [-0.05, 0) is 43.0 Å². The van der Waals surface area contributed by atoms with Crippen LogP contribution in [-0.4, -0.2) is 37.0 Å². The van der Waals surface area contributed by atoms with E-state index in [1.165, 1.54) is 5.69 Å². The van der Waals surface area contributed by atoms with Crippen molar-refractivity contribution in [2.24, 2.45) is 0 Å². The van der Waals surface area contributed by atoms with Crippen LogP contribution in [0.1, 0.15) is 24.8 Å². The summed E-state index contributed by atoms with van der Waals surface area (Å²) in [5.74, 6) is 0.240. The highest BCUT2D eigenvalue weighted by Crippen LogP contribution is 2.22. The number of nitrogen functional groups attached to an aromatic ring is 1. The van der Waals surface area contributed by atoms with Crippen molar-refractivity contribution >= 4 is 42.1 Å². The van der Waals surface area contributed by atoms with E-state index in [0.29, 0.717) is 12.5 Å². The lowest BCUT2D eigenvalue weighted by Gasteiger charge is -2.38. The van der Waals surface area contributed by atoms with Crippen LogP contribution in [0, 0.1) is 0 Å². The molecule has 2 N–H and O–H groups in total. The van der Waals surface area contributed by atoms with Gasteiger partial charge in [-0.3, -0.25) is 4.79 Å². The van der Waals surface area contributed by atoms with Crippen molar-refractivity contribution in [1.29, 1.82) is 0 Å². The zero-order valence-corrected chi connectivity index (χ0v) is 17.3. The molecule has 0 aliphatic carbocycles. The number of nitrogens with two attached hydrogens (primary N) is 1. The van der Waals surface area contributed by atoms with E-state index in [4.69, 9.17) is 5.73 Å². The van der Waals surface area contributed by atoms with Crippen LogP contribution < -0.4 is 10.6 Å². The van der Waals surface area contributed by atoms with Crippen molar-refractivity contribution in [3.63, 3.8) is 0 Å². The van der Waals surface area contributed by atoms with Crippen LogP contribution in [0.15, 0.2) is 54.6 Å². The maximum absolute atomic E-state index is 12.5. The first kappa shape index (κ1) is 23.1. The van der Waals surface area contributed by atoms with Crippen molar-refractivity contribution in [2.45, 2.75) is 31.7 Å². The third-order valence-electron chi connectivity index (χ3n) is 5.19. The average Bonchev–Trinajstić information content (AvgIpc) is 2.67. The van der Waals surface area contributed by atoms with E-state index < -0.39 is 0 Å². The molecule has 2 aromatic carbocycles. The Labute approximate surface area is 174 Å². The molecule has 0 atom stereocenters. The fourth-order valence-corrected chi connectivity index (χ4v) is 3.54. The Morgan fingerprint density at radius 3 is 2.26 bits per heavy atom. The van der Waals surface area contributed by atoms with Crippen LogP contribution in [-0.2, 0) is 11.2 Å². The molecule has 27 heavy (non-hydrogen) atoms. The molecule has 1 aliphatic rings. The van der Waals surface area contributed by atoms with Crippen molar-refractivity contribution in [2.75, 3.05) is 30.8 Å². The van der Waals surface area contributed by atoms with Crippen molar-refractivity contribution in [3.05, 3.63) is 60.2 Å². The molecule has 1 amide bonds. The molecule has 0 aromatic heterocycles. The van der Waals surface area contributed by atoms with Gasteiger partial charge in [-0.15, -0.1) is 24.8 Å². The van der Waals surface area contributed by atoms with Gasteiger partial charge in [0.1, 0.15) is 0 Å². The molecule has 3 rings (SSSR count). The lowest BCUT2D eigenvalue weighted by atomic mass is 10.0. The first-order valence-corrected chi connectivity index (χ1v) is 9.04. The van der Waals surface area contributed by atoms with Crippen LogP contribution in [0.4, 0.5) is 11.4 Å². The lowest BCUT2D eigenvalue weighted by molar-refractivity contribution is -0.132. The third-order valence-corrected chi connectivity index (χ3v) is 5.19. The summed E-state index contributed by atoms with van der Waals surface area (Å²) in [6.07, 6.45) is 3.29. The quantitative estimate of drug-likeness (QED) is 0.753. The Kier molecular flexibility index (Phi) is 9.47. The second-order valence-corrected chi connectivity index (χ2v) is 6.76. The van der Waals surface area contributed by atoms with E-state index >= 15 is 0 Å². The number of para-hydroxylation sites is 2. The standard InChI is InChI=1S/C21H27N3O.2ClH/c1-23(18-8-3-2-4-9-18)19-13-15-24(16-14-19)21(25)12-11-17-7-5-6-10-20(17)22;;/h2-10,19H,11-16,22H2,1H3;2*1H. The Hall–Kier alpha value is -1.91. The number of halogens is 2. The highest BCUT2D eigenvalue weighted by molar-refractivity contribution is 5.85. The molecular formula is C21H29Cl2N3O. The van der Waals surface area contributed by atoms with Gasteiger partial charge in [0.15, 0.2) is 0 Å². The minimum Gasteiger partial charge on any atom is -0.399 e. The molecule has 0 radical (unpaired) electrons. The fraction of sp³-hybridized carbons (Fsp3) is 0.381. The van der Waals surface area contributed by atoms with E-state index in [9.17, 15) is 4.79 Å². The van der Waals surface area contributed by atoms with Crippen molar-refractivity contribution < 1.29 is 4.79 Å². The monoisotopic (exact) mass is 409 g/mol. The smallest absolute Gasteiger partial charge is 0.222 e. The van der Waals surface area contributed by atoms with Crippen molar-refractivity contribution in [1.82, 2.24) is 4.90 Å². The number of carbonyl (C=O) groups excluding carboxylic acids is 1. The van der Waals surface area contributed by atoms with E-state index in [1.54, 1.807) is 0 Å². The lowest BCUT2D eigenvalue weighted by Crippen LogP contribution is -2.45. The molecule has 1 aliphatic heterocycles. The molecular weight excluding hydrogens is 381 g/mol. The predicted molar refractivity (Wildman–Crippen MR) is 118 cm³/mol. The number of aryl methyl sites for hydroxylation is 1. The fourth-order valence-electron chi connectivity index (χ4n) is 3.54. The topological polar surface area (TPSA) is 49.6 Å². The van der Waals surface area contributed by atoms with Gasteiger partial charge < -0.3 is 15.5 Å². The van der Waals surface area contributed by atoms with Gasteiger partial charge >= 0.3 is 0 Å². The van der Waals surface area contributed by atoms with Crippen LogP contribution in [0.25, 0.3) is 0 Å². The van der Waals surface area contributed by atoms with Gasteiger partial charge in [0.25, 0.3) is 0 Å². The summed E-state index contributed by atoms with van der Waals surface area (Å²) in [5.41, 5.74) is 9.04. The van der Waals surface area contributed by atoms with E-state index in [1.807, 2.05) is 35.2 Å². The van der Waals surface area contributed by atoms with E-state index in [2.05, 4.69) is 36.2 Å². The summed E-state index contributed by atoms with van der Waals surface area (Å²) >= 11 is 0. The number of benzene rings is 2. The summed E-state index contributed by atoms with van der Waals surface area (Å²) in [4.78, 5) is 16.8. The van der Waals surface area contributed by atoms with Crippen LogP contribution >= 0.6 is 24.8 Å². The van der Waals surface area contributed by atoms with Crippen LogP contribution in [0.2, 0.25) is 0 Å². The molecule has 1 heterocycles. The summed E-state index contributed by atoms with van der Waals surface area (Å²) < 4.78 is 0. The molecule has 0 bridgehead atoms. The second kappa shape index (κ2) is 11.1. The Morgan fingerprint density at radius 1 is 1.04 bits per heavy atom.